The van der Waals surface area contributed by atoms with Crippen LogP contribution in [0.4, 0.5) is 5.69 Å². The predicted octanol–water partition coefficient (Wildman–Crippen LogP) is 2.40. The summed E-state index contributed by atoms with van der Waals surface area (Å²) in [6.45, 7) is 0. The van der Waals surface area contributed by atoms with Gasteiger partial charge in [0.1, 0.15) is 0 Å². The van der Waals surface area contributed by atoms with Gasteiger partial charge in [0.15, 0.2) is 0 Å². The third-order valence-electron chi connectivity index (χ3n) is 1.19. The van der Waals surface area contributed by atoms with Gasteiger partial charge in [0.2, 0.25) is 0 Å². The number of hydrogen-bond acceptors (Lipinski definition) is 2. The molecule has 1 aromatic carbocycles. The van der Waals surface area contributed by atoms with Gasteiger partial charge in [0.05, 0.1) is 10.8 Å². The van der Waals surface area contributed by atoms with E-state index in [9.17, 15) is 0 Å². The zero-order chi connectivity index (χ0) is 8.10. The van der Waals surface area contributed by atoms with Crippen molar-refractivity contribution in [3.05, 3.63) is 29.8 Å². The lowest BCUT2D eigenvalue weighted by Crippen LogP contribution is -1.70. The van der Waals surface area contributed by atoms with Crippen molar-refractivity contribution in [3.8, 4) is 12.3 Å². The molecule has 11 heavy (non-hydrogen) atoms. The smallest absolute Gasteiger partial charge is 0.0751 e. The number of isothiocyanates is 1. The van der Waals surface area contributed by atoms with Crippen molar-refractivity contribution in [2.75, 3.05) is 0 Å². The molecule has 0 spiro atoms. The zero-order valence-electron chi connectivity index (χ0n) is 5.74. The van der Waals surface area contributed by atoms with E-state index in [1.165, 1.54) is 0 Å². The minimum atomic E-state index is 0.746. The molecule has 0 unspecified atom stereocenters. The van der Waals surface area contributed by atoms with Gasteiger partial charge in [-0.25, -0.2) is 0 Å². The fourth-order valence-electron chi connectivity index (χ4n) is 0.718. The van der Waals surface area contributed by atoms with E-state index in [2.05, 4.69) is 28.3 Å². The summed E-state index contributed by atoms with van der Waals surface area (Å²) in [6, 6.07) is 7.27. The molecule has 0 atom stereocenters. The van der Waals surface area contributed by atoms with Crippen molar-refractivity contribution in [1.82, 2.24) is 0 Å². The van der Waals surface area contributed by atoms with Crippen molar-refractivity contribution < 1.29 is 0 Å². The third-order valence-corrected chi connectivity index (χ3v) is 1.28. The topological polar surface area (TPSA) is 12.4 Å². The van der Waals surface area contributed by atoms with Gasteiger partial charge in [-0.15, -0.1) is 6.42 Å². The van der Waals surface area contributed by atoms with E-state index in [1.54, 1.807) is 6.07 Å². The second-order valence-electron chi connectivity index (χ2n) is 1.90. The van der Waals surface area contributed by atoms with Crippen molar-refractivity contribution in [1.29, 1.82) is 0 Å². The van der Waals surface area contributed by atoms with Crippen LogP contribution in [0.15, 0.2) is 29.3 Å². The SMILES string of the molecule is C#Cc1cccc(N=C=S)c1. The fourth-order valence-corrected chi connectivity index (χ4v) is 0.823. The highest BCUT2D eigenvalue weighted by Crippen LogP contribution is 2.11. The van der Waals surface area contributed by atoms with Gasteiger partial charge in [-0.3, -0.25) is 0 Å². The molecule has 52 valence electrons. The molecule has 0 radical (unpaired) electrons. The number of thiocarbonyl (C=S) groups is 1. The third kappa shape index (κ3) is 2.01. The van der Waals surface area contributed by atoms with Gasteiger partial charge in [-0.2, -0.15) is 4.99 Å². The average Bonchev–Trinajstić information content (AvgIpc) is 2.06. The van der Waals surface area contributed by atoms with Crippen molar-refractivity contribution >= 4 is 23.1 Å². The van der Waals surface area contributed by atoms with Gasteiger partial charge in [0, 0.05) is 5.56 Å². The molecule has 0 saturated heterocycles. The maximum absolute atomic E-state index is 5.18. The van der Waals surface area contributed by atoms with Crippen LogP contribution in [0.25, 0.3) is 0 Å². The quantitative estimate of drug-likeness (QED) is 0.348. The first-order valence-corrected chi connectivity index (χ1v) is 3.42. The number of aliphatic imine (C=N–C) groups is 1. The van der Waals surface area contributed by atoms with E-state index >= 15 is 0 Å². The van der Waals surface area contributed by atoms with Crippen LogP contribution < -0.4 is 0 Å². The van der Waals surface area contributed by atoms with Crippen molar-refractivity contribution in [3.63, 3.8) is 0 Å². The molecule has 1 nitrogen and oxygen atoms in total. The van der Waals surface area contributed by atoms with Gasteiger partial charge < -0.3 is 0 Å². The van der Waals surface area contributed by atoms with Gasteiger partial charge in [0.25, 0.3) is 0 Å². The lowest BCUT2D eigenvalue weighted by molar-refractivity contribution is 1.53. The first kappa shape index (κ1) is 7.68. The zero-order valence-corrected chi connectivity index (χ0v) is 6.56. The Kier molecular flexibility index (Phi) is 2.57. The van der Waals surface area contributed by atoms with Crippen LogP contribution in [0, 0.1) is 12.3 Å². The number of hydrogen-bond donors (Lipinski definition) is 0. The largest absolute Gasteiger partial charge is 0.195 e. The summed E-state index contributed by atoms with van der Waals surface area (Å²) < 4.78 is 0. The first-order chi connectivity index (χ1) is 5.36. The monoisotopic (exact) mass is 159 g/mol. The summed E-state index contributed by atoms with van der Waals surface area (Å²) in [5.74, 6) is 2.50. The Balaban J connectivity index is 3.12. The summed E-state index contributed by atoms with van der Waals surface area (Å²) >= 11 is 4.45. The lowest BCUT2D eigenvalue weighted by atomic mass is 10.2. The molecule has 0 amide bonds. The Bertz CT molecular complexity index is 343. The minimum Gasteiger partial charge on any atom is -0.195 e. The van der Waals surface area contributed by atoms with Gasteiger partial charge in [-0.1, -0.05) is 12.0 Å². The molecular weight excluding hydrogens is 154 g/mol. The summed E-state index contributed by atoms with van der Waals surface area (Å²) in [5.41, 5.74) is 1.55. The number of nitrogens with zero attached hydrogens (tertiary/aromatic N) is 1. The molecule has 0 aromatic heterocycles. The molecule has 0 aliphatic rings. The molecular formula is C9H5NS. The molecule has 0 bridgehead atoms. The Hall–Kier alpha value is -1.42. The highest BCUT2D eigenvalue weighted by atomic mass is 32.1. The maximum Gasteiger partial charge on any atom is 0.0751 e. The van der Waals surface area contributed by atoms with Crippen LogP contribution in [0.1, 0.15) is 5.56 Å². The predicted molar refractivity (Wildman–Crippen MR) is 49.1 cm³/mol. The molecule has 1 rings (SSSR count). The molecule has 1 aromatic rings. The lowest BCUT2D eigenvalue weighted by Gasteiger charge is -1.90. The molecule has 0 N–H and O–H groups in total. The molecule has 0 heterocycles. The van der Waals surface area contributed by atoms with Crippen molar-refractivity contribution in [2.45, 2.75) is 0 Å². The fraction of sp³-hybridized carbons (Fsp3) is 0. The summed E-state index contributed by atoms with van der Waals surface area (Å²) in [5, 5.41) is 2.28. The second-order valence-corrected chi connectivity index (χ2v) is 2.08. The van der Waals surface area contributed by atoms with Crippen LogP contribution in [0.5, 0.6) is 0 Å². The Morgan fingerprint density at radius 3 is 2.91 bits per heavy atom. The Morgan fingerprint density at radius 2 is 2.27 bits per heavy atom. The number of rotatable bonds is 1. The van der Waals surface area contributed by atoms with Gasteiger partial charge in [-0.05, 0) is 30.4 Å². The molecule has 0 aliphatic heterocycles. The summed E-state index contributed by atoms with van der Waals surface area (Å²) in [6.07, 6.45) is 5.18. The molecule has 2 heteroatoms. The number of benzene rings is 1. The Morgan fingerprint density at radius 1 is 1.45 bits per heavy atom. The highest BCUT2D eigenvalue weighted by molar-refractivity contribution is 7.78. The van der Waals surface area contributed by atoms with E-state index in [0.29, 0.717) is 0 Å². The standard InChI is InChI=1S/C9H5NS/c1-2-8-4-3-5-9(6-8)10-7-11/h1,3-6H. The molecule has 0 saturated carbocycles. The maximum atomic E-state index is 5.18. The second kappa shape index (κ2) is 3.68. The summed E-state index contributed by atoms with van der Waals surface area (Å²) in [4.78, 5) is 3.78. The Labute approximate surface area is 70.8 Å². The van der Waals surface area contributed by atoms with Crippen LogP contribution in [0.2, 0.25) is 0 Å². The van der Waals surface area contributed by atoms with Crippen LogP contribution >= 0.6 is 12.2 Å². The van der Waals surface area contributed by atoms with E-state index in [1.807, 2.05) is 18.2 Å². The average molecular weight is 159 g/mol. The van der Waals surface area contributed by atoms with Crippen LogP contribution in [-0.2, 0) is 0 Å². The molecule has 0 fully saturated rings. The van der Waals surface area contributed by atoms with E-state index in [-0.39, 0.29) is 0 Å². The van der Waals surface area contributed by atoms with Gasteiger partial charge >= 0.3 is 0 Å². The summed E-state index contributed by atoms with van der Waals surface area (Å²) in [7, 11) is 0. The normalized spacial score (nSPS) is 7.91. The minimum absolute atomic E-state index is 0.746. The van der Waals surface area contributed by atoms with Crippen molar-refractivity contribution in [2.24, 2.45) is 4.99 Å². The van der Waals surface area contributed by atoms with Crippen LogP contribution in [-0.4, -0.2) is 5.16 Å². The van der Waals surface area contributed by atoms with E-state index < -0.39 is 0 Å². The van der Waals surface area contributed by atoms with E-state index in [4.69, 9.17) is 6.42 Å². The number of terminal acetylenes is 1. The van der Waals surface area contributed by atoms with Crippen LogP contribution in [0.3, 0.4) is 0 Å². The molecule has 0 aliphatic carbocycles. The highest BCUT2D eigenvalue weighted by Gasteiger charge is 1.88. The first-order valence-electron chi connectivity index (χ1n) is 3.01. The van der Waals surface area contributed by atoms with E-state index in [0.717, 1.165) is 11.3 Å².